The molecule has 0 spiro atoms. The monoisotopic (exact) mass is 480 g/mol. The molecule has 1 aromatic carbocycles. The second-order valence-corrected chi connectivity index (χ2v) is 12.3. The summed E-state index contributed by atoms with van der Waals surface area (Å²) in [7, 11) is -1.21. The van der Waals surface area contributed by atoms with Crippen molar-refractivity contribution in [2.24, 2.45) is 5.92 Å². The highest BCUT2D eigenvalue weighted by atomic mass is 32.2. The van der Waals surface area contributed by atoms with E-state index in [1.807, 2.05) is 12.3 Å². The first-order chi connectivity index (χ1) is 16.2. The van der Waals surface area contributed by atoms with E-state index in [0.717, 1.165) is 42.5 Å². The lowest BCUT2D eigenvalue weighted by Gasteiger charge is -2.36. The first kappa shape index (κ1) is 22.9. The zero-order chi connectivity index (χ0) is 24.0. The molecule has 1 N–H and O–H groups in total. The van der Waals surface area contributed by atoms with E-state index in [9.17, 15) is 8.42 Å². The lowest BCUT2D eigenvalue weighted by atomic mass is 9.69. The summed E-state index contributed by atoms with van der Waals surface area (Å²) in [5.41, 5.74) is 6.61. The van der Waals surface area contributed by atoms with Gasteiger partial charge in [-0.05, 0) is 72.8 Å². The second-order valence-electron chi connectivity index (χ2n) is 10.0. The first-order valence-corrected chi connectivity index (χ1v) is 14.0. The number of fused-ring (bicyclic) bond motifs is 2. The molecule has 1 aliphatic carbocycles. The Kier molecular flexibility index (Phi) is 5.88. The van der Waals surface area contributed by atoms with Gasteiger partial charge >= 0.3 is 0 Å². The number of H-pyrrole nitrogens is 1. The minimum absolute atomic E-state index is 0.301. The Hall–Kier alpha value is -2.87. The number of hydrogen-bond acceptors (Lipinski definition) is 5. The summed E-state index contributed by atoms with van der Waals surface area (Å²) in [6.07, 6.45) is 8.92. The van der Waals surface area contributed by atoms with Gasteiger partial charge in [-0.3, -0.25) is 0 Å². The number of methoxy groups -OCH3 is 1. The minimum atomic E-state index is -2.86. The Morgan fingerprint density at radius 1 is 1.24 bits per heavy atom. The van der Waals surface area contributed by atoms with E-state index < -0.39 is 9.84 Å². The van der Waals surface area contributed by atoms with Gasteiger partial charge in [0.05, 0.1) is 12.8 Å². The van der Waals surface area contributed by atoms with Crippen LogP contribution in [-0.4, -0.2) is 47.1 Å². The summed E-state index contributed by atoms with van der Waals surface area (Å²) in [4.78, 5) is 7.94. The molecule has 1 saturated carbocycles. The molecule has 5 rings (SSSR count). The molecular formula is C26H32N4O3S. The van der Waals surface area contributed by atoms with Crippen LogP contribution < -0.4 is 4.74 Å². The van der Waals surface area contributed by atoms with Crippen LogP contribution in [0.3, 0.4) is 0 Å². The molecular weight excluding hydrogens is 448 g/mol. The Morgan fingerprint density at radius 2 is 2.03 bits per heavy atom. The van der Waals surface area contributed by atoms with Crippen LogP contribution in [0.25, 0.3) is 27.8 Å². The molecule has 7 nitrogen and oxygen atoms in total. The van der Waals surface area contributed by atoms with E-state index in [1.165, 1.54) is 29.1 Å². The van der Waals surface area contributed by atoms with Crippen molar-refractivity contribution in [3.8, 4) is 17.0 Å². The standard InChI is InChI=1S/C26H32N4O3S/c1-16(2)24-21-12-18(19-10-17(11-19)6-5-9-34(4,31)32)7-8-22(21)29-25(24)20-13-23(33-3)26-27-15-28-30(26)14-20/h7-8,12-17,19,29H,5-6,9-11H2,1-4H3. The van der Waals surface area contributed by atoms with Gasteiger partial charge in [0.25, 0.3) is 0 Å². The molecule has 1 fully saturated rings. The number of nitrogens with one attached hydrogen (secondary N) is 1. The quantitative estimate of drug-likeness (QED) is 0.368. The summed E-state index contributed by atoms with van der Waals surface area (Å²) in [6, 6.07) is 8.81. The molecule has 180 valence electrons. The summed E-state index contributed by atoms with van der Waals surface area (Å²) >= 11 is 0. The van der Waals surface area contributed by atoms with Crippen molar-refractivity contribution in [3.63, 3.8) is 0 Å². The van der Waals surface area contributed by atoms with Crippen molar-refractivity contribution in [1.29, 1.82) is 0 Å². The molecule has 0 radical (unpaired) electrons. The summed E-state index contributed by atoms with van der Waals surface area (Å²) in [5.74, 6) is 2.52. The van der Waals surface area contributed by atoms with E-state index >= 15 is 0 Å². The van der Waals surface area contributed by atoms with Crippen molar-refractivity contribution >= 4 is 26.4 Å². The average Bonchev–Trinajstić information content (AvgIpc) is 3.37. The van der Waals surface area contributed by atoms with Gasteiger partial charge in [0.1, 0.15) is 16.2 Å². The lowest BCUT2D eigenvalue weighted by molar-refractivity contribution is 0.246. The van der Waals surface area contributed by atoms with Crippen LogP contribution in [0.5, 0.6) is 5.75 Å². The predicted octanol–water partition coefficient (Wildman–Crippen LogP) is 5.33. The Labute approximate surface area is 200 Å². The molecule has 0 bridgehead atoms. The molecule has 1 aliphatic rings. The number of hydrogen-bond donors (Lipinski definition) is 1. The van der Waals surface area contributed by atoms with Gasteiger partial charge in [-0.15, -0.1) is 0 Å². The first-order valence-electron chi connectivity index (χ1n) is 11.9. The molecule has 3 heterocycles. The Bertz CT molecular complexity index is 1450. The highest BCUT2D eigenvalue weighted by molar-refractivity contribution is 7.90. The predicted molar refractivity (Wildman–Crippen MR) is 135 cm³/mol. The van der Waals surface area contributed by atoms with Crippen molar-refractivity contribution in [1.82, 2.24) is 19.6 Å². The third-order valence-electron chi connectivity index (χ3n) is 7.12. The maximum absolute atomic E-state index is 11.4. The van der Waals surface area contributed by atoms with E-state index in [0.29, 0.717) is 34.9 Å². The fraction of sp³-hybridized carbons (Fsp3) is 0.462. The van der Waals surface area contributed by atoms with Crippen molar-refractivity contribution in [2.75, 3.05) is 19.1 Å². The fourth-order valence-electron chi connectivity index (χ4n) is 5.37. The third kappa shape index (κ3) is 4.31. The maximum atomic E-state index is 11.4. The summed E-state index contributed by atoms with van der Waals surface area (Å²) in [6.45, 7) is 4.45. The largest absolute Gasteiger partial charge is 0.493 e. The van der Waals surface area contributed by atoms with Crippen LogP contribution in [0, 0.1) is 5.92 Å². The van der Waals surface area contributed by atoms with Gasteiger partial charge in [-0.2, -0.15) is 5.10 Å². The number of nitrogens with zero attached hydrogens (tertiary/aromatic N) is 3. The maximum Gasteiger partial charge on any atom is 0.197 e. The van der Waals surface area contributed by atoms with Gasteiger partial charge in [-0.1, -0.05) is 19.9 Å². The summed E-state index contributed by atoms with van der Waals surface area (Å²) in [5, 5.41) is 5.58. The van der Waals surface area contributed by atoms with Crippen LogP contribution in [0.4, 0.5) is 0 Å². The van der Waals surface area contributed by atoms with E-state index in [4.69, 9.17) is 4.74 Å². The molecule has 0 aliphatic heterocycles. The third-order valence-corrected chi connectivity index (χ3v) is 8.16. The average molecular weight is 481 g/mol. The van der Waals surface area contributed by atoms with E-state index in [-0.39, 0.29) is 0 Å². The van der Waals surface area contributed by atoms with Crippen molar-refractivity contribution in [2.45, 2.75) is 51.4 Å². The van der Waals surface area contributed by atoms with Crippen LogP contribution in [0.1, 0.15) is 62.5 Å². The molecule has 3 aromatic heterocycles. The molecule has 0 saturated heterocycles. The van der Waals surface area contributed by atoms with Gasteiger partial charge in [0.15, 0.2) is 11.4 Å². The smallest absolute Gasteiger partial charge is 0.197 e. The highest BCUT2D eigenvalue weighted by Gasteiger charge is 2.30. The van der Waals surface area contributed by atoms with E-state index in [1.54, 1.807) is 11.6 Å². The number of pyridine rings is 1. The van der Waals surface area contributed by atoms with Gasteiger partial charge < -0.3 is 9.72 Å². The number of aromatic amines is 1. The molecule has 34 heavy (non-hydrogen) atoms. The number of benzene rings is 1. The molecule has 4 aromatic rings. The zero-order valence-corrected chi connectivity index (χ0v) is 21.0. The topological polar surface area (TPSA) is 89.4 Å². The molecule has 0 atom stereocenters. The van der Waals surface area contributed by atoms with Crippen LogP contribution >= 0.6 is 0 Å². The normalized spacial score (nSPS) is 18.6. The number of ether oxygens (including phenoxy) is 1. The summed E-state index contributed by atoms with van der Waals surface area (Å²) < 4.78 is 30.1. The number of sulfone groups is 1. The Morgan fingerprint density at radius 3 is 2.74 bits per heavy atom. The lowest BCUT2D eigenvalue weighted by Crippen LogP contribution is -2.22. The van der Waals surface area contributed by atoms with Gasteiger partial charge in [-0.25, -0.2) is 17.9 Å². The van der Waals surface area contributed by atoms with Crippen molar-refractivity contribution < 1.29 is 13.2 Å². The second kappa shape index (κ2) is 8.73. The number of aromatic nitrogens is 4. The van der Waals surface area contributed by atoms with Crippen LogP contribution in [0.2, 0.25) is 0 Å². The molecule has 8 heteroatoms. The molecule has 0 unspecified atom stereocenters. The minimum Gasteiger partial charge on any atom is -0.493 e. The Balaban J connectivity index is 1.44. The molecule has 0 amide bonds. The van der Waals surface area contributed by atoms with Crippen molar-refractivity contribution in [3.05, 3.63) is 47.9 Å². The fourth-order valence-corrected chi connectivity index (χ4v) is 6.06. The SMILES string of the molecule is COc1cc(-c2[nH]c3ccc(C4CC(CCCS(C)(=O)=O)C4)cc3c2C(C)C)cn2ncnc12. The van der Waals surface area contributed by atoms with Crippen LogP contribution in [0.15, 0.2) is 36.8 Å². The van der Waals surface area contributed by atoms with Crippen LogP contribution in [-0.2, 0) is 9.84 Å². The van der Waals surface area contributed by atoms with Gasteiger partial charge in [0.2, 0.25) is 0 Å². The highest BCUT2D eigenvalue weighted by Crippen LogP contribution is 2.45. The number of rotatable bonds is 8. The zero-order valence-electron chi connectivity index (χ0n) is 20.2. The van der Waals surface area contributed by atoms with E-state index in [2.05, 4.69) is 47.1 Å². The van der Waals surface area contributed by atoms with Gasteiger partial charge in [0, 0.05) is 34.7 Å².